The molecule has 0 spiro atoms. The summed E-state index contributed by atoms with van der Waals surface area (Å²) < 4.78 is 5.28. The van der Waals surface area contributed by atoms with Gasteiger partial charge >= 0.3 is 0 Å². The molecule has 1 N–H and O–H groups in total. The summed E-state index contributed by atoms with van der Waals surface area (Å²) >= 11 is 0. The van der Waals surface area contributed by atoms with Gasteiger partial charge in [-0.2, -0.15) is 0 Å². The molecule has 1 fully saturated rings. The lowest BCUT2D eigenvalue weighted by atomic mass is 9.98. The van der Waals surface area contributed by atoms with Gasteiger partial charge in [-0.3, -0.25) is 0 Å². The Balaban J connectivity index is 2.04. The largest absolute Gasteiger partial charge is 0.384 e. The lowest BCUT2D eigenvalue weighted by Crippen LogP contribution is -2.35. The first-order valence-electron chi connectivity index (χ1n) is 8.21. The Morgan fingerprint density at radius 1 is 1.29 bits per heavy atom. The van der Waals surface area contributed by atoms with Crippen molar-refractivity contribution in [2.24, 2.45) is 5.92 Å². The van der Waals surface area contributed by atoms with E-state index in [9.17, 15) is 0 Å². The molecular weight excluding hydrogens is 262 g/mol. The SMILES string of the molecule is CCNCc1cc(CC)nc(N2CCC(COC)CC2)c1. The van der Waals surface area contributed by atoms with Crippen molar-refractivity contribution >= 4 is 5.82 Å². The maximum atomic E-state index is 5.28. The summed E-state index contributed by atoms with van der Waals surface area (Å²) in [4.78, 5) is 7.25. The summed E-state index contributed by atoms with van der Waals surface area (Å²) in [5, 5.41) is 3.41. The normalized spacial score (nSPS) is 16.4. The van der Waals surface area contributed by atoms with Crippen molar-refractivity contribution in [1.82, 2.24) is 10.3 Å². The van der Waals surface area contributed by atoms with Crippen LogP contribution in [0.1, 0.15) is 37.9 Å². The fourth-order valence-electron chi connectivity index (χ4n) is 2.91. The lowest BCUT2D eigenvalue weighted by Gasteiger charge is -2.33. The van der Waals surface area contributed by atoms with Gasteiger partial charge in [-0.15, -0.1) is 0 Å². The number of nitrogens with one attached hydrogen (secondary N) is 1. The van der Waals surface area contributed by atoms with Gasteiger partial charge in [0.15, 0.2) is 0 Å². The van der Waals surface area contributed by atoms with Crippen LogP contribution in [-0.2, 0) is 17.7 Å². The smallest absolute Gasteiger partial charge is 0.129 e. The van der Waals surface area contributed by atoms with Gasteiger partial charge in [-0.05, 0) is 49.4 Å². The van der Waals surface area contributed by atoms with Gasteiger partial charge in [0.2, 0.25) is 0 Å². The van der Waals surface area contributed by atoms with E-state index in [1.54, 1.807) is 7.11 Å². The van der Waals surface area contributed by atoms with Crippen LogP contribution in [0.5, 0.6) is 0 Å². The van der Waals surface area contributed by atoms with E-state index in [4.69, 9.17) is 9.72 Å². The van der Waals surface area contributed by atoms with Crippen molar-refractivity contribution in [3.63, 3.8) is 0 Å². The van der Waals surface area contributed by atoms with E-state index in [-0.39, 0.29) is 0 Å². The first kappa shape index (κ1) is 16.2. The molecule has 0 unspecified atom stereocenters. The minimum atomic E-state index is 0.710. The Morgan fingerprint density at radius 3 is 2.67 bits per heavy atom. The average Bonchev–Trinajstić information content (AvgIpc) is 2.53. The van der Waals surface area contributed by atoms with Gasteiger partial charge in [0, 0.05) is 39.0 Å². The van der Waals surface area contributed by atoms with Crippen molar-refractivity contribution in [1.29, 1.82) is 0 Å². The minimum absolute atomic E-state index is 0.710. The molecule has 118 valence electrons. The minimum Gasteiger partial charge on any atom is -0.384 e. The summed E-state index contributed by atoms with van der Waals surface area (Å²) in [5.74, 6) is 1.86. The highest BCUT2D eigenvalue weighted by atomic mass is 16.5. The van der Waals surface area contributed by atoms with Crippen LogP contribution in [0, 0.1) is 5.92 Å². The second kappa shape index (κ2) is 8.35. The summed E-state index contributed by atoms with van der Waals surface area (Å²) in [6.45, 7) is 9.32. The first-order chi connectivity index (χ1) is 10.3. The molecule has 4 heteroatoms. The van der Waals surface area contributed by atoms with Crippen molar-refractivity contribution in [2.45, 2.75) is 39.7 Å². The van der Waals surface area contributed by atoms with E-state index < -0.39 is 0 Å². The number of aromatic nitrogens is 1. The van der Waals surface area contributed by atoms with Gasteiger partial charge in [0.25, 0.3) is 0 Å². The molecule has 0 atom stereocenters. The number of anilines is 1. The predicted octanol–water partition coefficient (Wildman–Crippen LogP) is 2.62. The fraction of sp³-hybridized carbons (Fsp3) is 0.706. The Bertz CT molecular complexity index is 428. The molecule has 0 amide bonds. The van der Waals surface area contributed by atoms with Crippen molar-refractivity contribution < 1.29 is 4.74 Å². The molecular formula is C17H29N3O. The molecule has 0 saturated carbocycles. The zero-order valence-corrected chi connectivity index (χ0v) is 13.7. The summed E-state index contributed by atoms with van der Waals surface area (Å²) in [6, 6.07) is 4.47. The predicted molar refractivity (Wildman–Crippen MR) is 87.8 cm³/mol. The van der Waals surface area contributed by atoms with E-state index >= 15 is 0 Å². The number of methoxy groups -OCH3 is 1. The lowest BCUT2D eigenvalue weighted by molar-refractivity contribution is 0.139. The number of rotatable bonds is 7. The van der Waals surface area contributed by atoms with Crippen molar-refractivity contribution in [3.05, 3.63) is 23.4 Å². The Morgan fingerprint density at radius 2 is 2.05 bits per heavy atom. The number of piperidine rings is 1. The highest BCUT2D eigenvalue weighted by Gasteiger charge is 2.20. The van der Waals surface area contributed by atoms with Crippen LogP contribution in [0.25, 0.3) is 0 Å². The molecule has 21 heavy (non-hydrogen) atoms. The first-order valence-corrected chi connectivity index (χ1v) is 8.21. The third-order valence-corrected chi connectivity index (χ3v) is 4.21. The van der Waals surface area contributed by atoms with Crippen LogP contribution in [0.2, 0.25) is 0 Å². The van der Waals surface area contributed by atoms with Crippen LogP contribution in [0.3, 0.4) is 0 Å². The quantitative estimate of drug-likeness (QED) is 0.838. The molecule has 1 aliphatic heterocycles. The highest BCUT2D eigenvalue weighted by molar-refractivity contribution is 5.43. The number of hydrogen-bond acceptors (Lipinski definition) is 4. The number of aryl methyl sites for hydroxylation is 1. The highest BCUT2D eigenvalue weighted by Crippen LogP contribution is 2.23. The van der Waals surface area contributed by atoms with Gasteiger partial charge in [0.1, 0.15) is 5.82 Å². The topological polar surface area (TPSA) is 37.4 Å². The third kappa shape index (κ3) is 4.68. The Kier molecular flexibility index (Phi) is 6.46. The summed E-state index contributed by atoms with van der Waals surface area (Å²) in [7, 11) is 1.80. The van der Waals surface area contributed by atoms with Crippen LogP contribution in [-0.4, -0.2) is 38.3 Å². The molecule has 4 nitrogen and oxygen atoms in total. The molecule has 1 aromatic heterocycles. The Hall–Kier alpha value is -1.13. The second-order valence-corrected chi connectivity index (χ2v) is 5.84. The van der Waals surface area contributed by atoms with Crippen LogP contribution < -0.4 is 10.2 Å². The van der Waals surface area contributed by atoms with Crippen molar-refractivity contribution in [2.75, 3.05) is 38.3 Å². The van der Waals surface area contributed by atoms with E-state index in [2.05, 4.69) is 36.2 Å². The summed E-state index contributed by atoms with van der Waals surface area (Å²) in [5.41, 5.74) is 2.54. The van der Waals surface area contributed by atoms with Crippen LogP contribution in [0.15, 0.2) is 12.1 Å². The van der Waals surface area contributed by atoms with Gasteiger partial charge in [0.05, 0.1) is 0 Å². The number of nitrogens with zero attached hydrogens (tertiary/aromatic N) is 2. The molecule has 0 bridgehead atoms. The van der Waals surface area contributed by atoms with Gasteiger partial charge in [-0.1, -0.05) is 13.8 Å². The second-order valence-electron chi connectivity index (χ2n) is 5.84. The standard InChI is InChI=1S/C17H29N3O/c1-4-16-10-15(12-18-5-2)11-17(19-16)20-8-6-14(7-9-20)13-21-3/h10-11,14,18H,4-9,12-13H2,1-3H3. The third-order valence-electron chi connectivity index (χ3n) is 4.21. The number of hydrogen-bond donors (Lipinski definition) is 1. The maximum Gasteiger partial charge on any atom is 0.129 e. The van der Waals surface area contributed by atoms with E-state index in [0.29, 0.717) is 5.92 Å². The van der Waals surface area contributed by atoms with Crippen molar-refractivity contribution in [3.8, 4) is 0 Å². The maximum absolute atomic E-state index is 5.28. The van der Waals surface area contributed by atoms with Gasteiger partial charge in [-0.25, -0.2) is 4.98 Å². The molecule has 1 aliphatic rings. The van der Waals surface area contributed by atoms with E-state index in [1.165, 1.54) is 24.1 Å². The average molecular weight is 291 g/mol. The fourth-order valence-corrected chi connectivity index (χ4v) is 2.91. The van der Waals surface area contributed by atoms with E-state index in [1.807, 2.05) is 0 Å². The number of pyridine rings is 1. The molecule has 0 aromatic carbocycles. The molecule has 2 rings (SSSR count). The molecule has 2 heterocycles. The van der Waals surface area contributed by atoms with Crippen LogP contribution >= 0.6 is 0 Å². The van der Waals surface area contributed by atoms with Crippen LogP contribution in [0.4, 0.5) is 5.82 Å². The zero-order chi connectivity index (χ0) is 15.1. The van der Waals surface area contributed by atoms with E-state index in [0.717, 1.165) is 45.0 Å². The number of ether oxygens (including phenoxy) is 1. The van der Waals surface area contributed by atoms with Gasteiger partial charge < -0.3 is 15.0 Å². The molecule has 1 saturated heterocycles. The zero-order valence-electron chi connectivity index (χ0n) is 13.7. The molecule has 0 radical (unpaired) electrons. The molecule has 1 aromatic rings. The molecule has 0 aliphatic carbocycles. The monoisotopic (exact) mass is 291 g/mol. The summed E-state index contributed by atoms with van der Waals surface area (Å²) in [6.07, 6.45) is 3.40. The Labute approximate surface area is 128 Å².